The van der Waals surface area contributed by atoms with Gasteiger partial charge in [-0.2, -0.15) is 0 Å². The van der Waals surface area contributed by atoms with Crippen molar-refractivity contribution in [3.8, 4) is 0 Å². The van der Waals surface area contributed by atoms with Crippen molar-refractivity contribution in [3.05, 3.63) is 35.9 Å². The number of hydrogen-bond donors (Lipinski definition) is 2. The van der Waals surface area contributed by atoms with Crippen LogP contribution >= 0.6 is 0 Å². The van der Waals surface area contributed by atoms with Gasteiger partial charge in [0.25, 0.3) is 0 Å². The number of carbonyl (C=O) groups is 1. The molecule has 0 spiro atoms. The van der Waals surface area contributed by atoms with Gasteiger partial charge in [0.2, 0.25) is 5.91 Å². The van der Waals surface area contributed by atoms with Crippen LogP contribution in [-0.4, -0.2) is 22.0 Å². The molecule has 2 aliphatic heterocycles. The average Bonchev–Trinajstić information content (AvgIpc) is 2.94. The normalized spacial score (nSPS) is 17.1. The molecule has 2 aliphatic rings. The molecule has 1 aromatic carbocycles. The fourth-order valence-corrected chi connectivity index (χ4v) is 3.09. The number of aryl methyl sites for hydroxylation is 1. The van der Waals surface area contributed by atoms with Gasteiger partial charge in [0.1, 0.15) is 5.82 Å². The first-order chi connectivity index (χ1) is 10.2. The number of imidazole rings is 1. The molecule has 1 amide bonds. The van der Waals surface area contributed by atoms with Crippen molar-refractivity contribution in [1.29, 1.82) is 0 Å². The van der Waals surface area contributed by atoms with Gasteiger partial charge in [-0.15, -0.1) is 0 Å². The second kappa shape index (κ2) is 4.51. The molecule has 3 N–H and O–H groups in total. The van der Waals surface area contributed by atoms with Gasteiger partial charge in [0.05, 0.1) is 17.9 Å². The lowest BCUT2D eigenvalue weighted by Crippen LogP contribution is -2.34. The number of rotatable bonds is 1. The maximum Gasteiger partial charge on any atom is 0.224 e. The van der Waals surface area contributed by atoms with Crippen LogP contribution < -0.4 is 16.0 Å². The van der Waals surface area contributed by atoms with E-state index in [9.17, 15) is 4.79 Å². The Kier molecular flexibility index (Phi) is 2.63. The minimum absolute atomic E-state index is 0.0763. The van der Waals surface area contributed by atoms with E-state index in [2.05, 4.69) is 19.8 Å². The van der Waals surface area contributed by atoms with Crippen LogP contribution in [0.2, 0.25) is 0 Å². The first-order valence-corrected chi connectivity index (χ1v) is 7.18. The predicted octanol–water partition coefficient (Wildman–Crippen LogP) is 1.37. The highest BCUT2D eigenvalue weighted by molar-refractivity contribution is 5.95. The maximum atomic E-state index is 11.6. The molecule has 0 saturated heterocycles. The van der Waals surface area contributed by atoms with Gasteiger partial charge in [-0.05, 0) is 24.1 Å². The Labute approximate surface area is 122 Å². The summed E-state index contributed by atoms with van der Waals surface area (Å²) in [5.74, 6) is 1.12. The lowest BCUT2D eigenvalue weighted by Gasteiger charge is -2.31. The van der Waals surface area contributed by atoms with Crippen molar-refractivity contribution in [1.82, 2.24) is 9.55 Å². The van der Waals surface area contributed by atoms with E-state index in [-0.39, 0.29) is 5.91 Å². The zero-order valence-corrected chi connectivity index (χ0v) is 11.7. The number of benzene rings is 1. The third-order valence-corrected chi connectivity index (χ3v) is 4.23. The highest BCUT2D eigenvalue weighted by atomic mass is 16.1. The minimum Gasteiger partial charge on any atom is -0.397 e. The molecule has 0 aliphatic carbocycles. The van der Waals surface area contributed by atoms with Gasteiger partial charge < -0.3 is 20.5 Å². The summed E-state index contributed by atoms with van der Waals surface area (Å²) in [7, 11) is 0. The molecule has 6 nitrogen and oxygen atoms in total. The molecular formula is C15H17N5O. The first kappa shape index (κ1) is 12.3. The van der Waals surface area contributed by atoms with Gasteiger partial charge in [-0.3, -0.25) is 4.79 Å². The molecule has 2 aromatic rings. The Morgan fingerprint density at radius 3 is 3.05 bits per heavy atom. The molecule has 1 aromatic heterocycles. The smallest absolute Gasteiger partial charge is 0.224 e. The van der Waals surface area contributed by atoms with Gasteiger partial charge in [0, 0.05) is 37.6 Å². The summed E-state index contributed by atoms with van der Waals surface area (Å²) in [5, 5.41) is 2.94. The monoisotopic (exact) mass is 283 g/mol. The Morgan fingerprint density at radius 2 is 2.14 bits per heavy atom. The molecular weight excluding hydrogens is 266 g/mol. The van der Waals surface area contributed by atoms with Crippen molar-refractivity contribution in [2.75, 3.05) is 22.5 Å². The van der Waals surface area contributed by atoms with Crippen molar-refractivity contribution in [2.45, 2.75) is 25.9 Å². The van der Waals surface area contributed by atoms with E-state index in [0.29, 0.717) is 6.42 Å². The molecule has 0 radical (unpaired) electrons. The van der Waals surface area contributed by atoms with Crippen LogP contribution in [-0.2, 0) is 24.3 Å². The number of nitrogen functional groups attached to an aromatic ring is 1. The van der Waals surface area contributed by atoms with Gasteiger partial charge >= 0.3 is 0 Å². The zero-order valence-electron chi connectivity index (χ0n) is 11.7. The average molecular weight is 283 g/mol. The molecule has 0 bridgehead atoms. The molecule has 108 valence electrons. The largest absolute Gasteiger partial charge is 0.397 e. The van der Waals surface area contributed by atoms with Crippen molar-refractivity contribution in [2.24, 2.45) is 0 Å². The summed E-state index contributed by atoms with van der Waals surface area (Å²) in [6.07, 6.45) is 5.13. The van der Waals surface area contributed by atoms with E-state index < -0.39 is 0 Å². The number of nitrogens with zero attached hydrogens (tertiary/aromatic N) is 3. The third kappa shape index (κ3) is 2.03. The molecule has 6 heteroatoms. The van der Waals surface area contributed by atoms with Crippen LogP contribution in [0.1, 0.15) is 17.8 Å². The predicted molar refractivity (Wildman–Crippen MR) is 81.1 cm³/mol. The second-order valence-electron chi connectivity index (χ2n) is 5.57. The Bertz CT molecular complexity index is 721. The number of carbonyl (C=O) groups excluding carboxylic acids is 1. The van der Waals surface area contributed by atoms with Crippen LogP contribution in [0.5, 0.6) is 0 Å². The zero-order chi connectivity index (χ0) is 14.4. The van der Waals surface area contributed by atoms with Gasteiger partial charge in [-0.25, -0.2) is 4.98 Å². The van der Waals surface area contributed by atoms with Crippen LogP contribution in [0, 0.1) is 0 Å². The summed E-state index contributed by atoms with van der Waals surface area (Å²) in [6.45, 7) is 2.53. The van der Waals surface area contributed by atoms with Crippen LogP contribution in [0.25, 0.3) is 0 Å². The van der Waals surface area contributed by atoms with Crippen molar-refractivity contribution >= 4 is 23.0 Å². The molecule has 0 fully saturated rings. The number of anilines is 3. The summed E-state index contributed by atoms with van der Waals surface area (Å²) in [6, 6.07) is 3.99. The Morgan fingerprint density at radius 1 is 1.24 bits per heavy atom. The number of aromatic nitrogens is 2. The van der Waals surface area contributed by atoms with Gasteiger partial charge in [-0.1, -0.05) is 0 Å². The molecule has 0 unspecified atom stereocenters. The van der Waals surface area contributed by atoms with E-state index >= 15 is 0 Å². The summed E-state index contributed by atoms with van der Waals surface area (Å²) in [4.78, 5) is 18.2. The standard InChI is InChI=1S/C15H17N5O/c16-11-7-10-1-2-15(21)18-12(10)8-13(11)20-6-5-19-4-3-17-14(19)9-20/h3-4,7-8H,1-2,5-6,9,16H2,(H,18,21). The summed E-state index contributed by atoms with van der Waals surface area (Å²) >= 11 is 0. The molecule has 0 atom stereocenters. The number of hydrogen-bond acceptors (Lipinski definition) is 4. The molecule has 0 saturated carbocycles. The number of nitrogens with two attached hydrogens (primary N) is 1. The maximum absolute atomic E-state index is 11.6. The van der Waals surface area contributed by atoms with E-state index in [0.717, 1.165) is 54.5 Å². The molecule has 21 heavy (non-hydrogen) atoms. The minimum atomic E-state index is 0.0763. The molecule has 3 heterocycles. The quantitative estimate of drug-likeness (QED) is 0.775. The van der Waals surface area contributed by atoms with Crippen LogP contribution in [0.15, 0.2) is 24.5 Å². The first-order valence-electron chi connectivity index (χ1n) is 7.18. The lowest BCUT2D eigenvalue weighted by atomic mass is 10.0. The third-order valence-electron chi connectivity index (χ3n) is 4.23. The summed E-state index contributed by atoms with van der Waals surface area (Å²) < 4.78 is 2.16. The van der Waals surface area contributed by atoms with Crippen LogP contribution in [0.3, 0.4) is 0 Å². The lowest BCUT2D eigenvalue weighted by molar-refractivity contribution is -0.116. The van der Waals surface area contributed by atoms with Crippen molar-refractivity contribution in [3.63, 3.8) is 0 Å². The van der Waals surface area contributed by atoms with E-state index in [1.807, 2.05) is 24.5 Å². The van der Waals surface area contributed by atoms with E-state index in [1.165, 1.54) is 0 Å². The number of nitrogens with one attached hydrogen (secondary N) is 1. The second-order valence-corrected chi connectivity index (χ2v) is 5.57. The number of fused-ring (bicyclic) bond motifs is 2. The topological polar surface area (TPSA) is 76.2 Å². The van der Waals surface area contributed by atoms with Gasteiger partial charge in [0.15, 0.2) is 0 Å². The Balaban J connectivity index is 1.69. The number of amides is 1. The molecule has 4 rings (SSSR count). The van der Waals surface area contributed by atoms with Crippen LogP contribution in [0.4, 0.5) is 17.1 Å². The van der Waals surface area contributed by atoms with E-state index in [4.69, 9.17) is 5.73 Å². The fraction of sp³-hybridized carbons (Fsp3) is 0.333. The van der Waals surface area contributed by atoms with E-state index in [1.54, 1.807) is 0 Å². The highest BCUT2D eigenvalue weighted by Gasteiger charge is 2.22. The van der Waals surface area contributed by atoms with Crippen molar-refractivity contribution < 1.29 is 4.79 Å². The highest BCUT2D eigenvalue weighted by Crippen LogP contribution is 2.34. The Hall–Kier alpha value is -2.50. The fourth-order valence-electron chi connectivity index (χ4n) is 3.09. The summed E-state index contributed by atoms with van der Waals surface area (Å²) in [5.41, 5.74) is 9.98. The SMILES string of the molecule is Nc1cc2c(cc1N1CCn3ccnc3C1)NC(=O)CC2.